The number of carbonyl (C=O) groups is 3. The molecule has 8 aromatic rings. The van der Waals surface area contributed by atoms with Gasteiger partial charge in [-0.1, -0.05) is 7.43 Å². The van der Waals surface area contributed by atoms with E-state index >= 15 is 0 Å². The number of esters is 1. The Bertz CT molecular complexity index is 3370. The zero-order valence-electron chi connectivity index (χ0n) is 35.5. The number of hydrogen-bond donors (Lipinski definition) is 3. The molecule has 23 heteroatoms. The number of pyridine rings is 4. The van der Waals surface area contributed by atoms with Crippen molar-refractivity contribution in [3.63, 3.8) is 0 Å². The van der Waals surface area contributed by atoms with E-state index < -0.39 is 60.6 Å². The number of aromatic nitrogens is 8. The normalized spacial score (nSPS) is 12.3. The number of rotatable bonds is 13. The largest absolute Gasteiger partial charge is 0.469 e. The van der Waals surface area contributed by atoms with Gasteiger partial charge in [0.25, 0.3) is 11.8 Å². The summed E-state index contributed by atoms with van der Waals surface area (Å²) in [6.45, 7) is 3.37. The predicted molar refractivity (Wildman–Crippen MR) is 243 cm³/mol. The molecule has 0 unspecified atom stereocenters. The van der Waals surface area contributed by atoms with Crippen molar-refractivity contribution < 1.29 is 49.3 Å². The number of nitrogens with zero attached hydrogens (tertiary/aromatic N) is 8. The fraction of sp³-hybridized carbons (Fsp3) is 0.178. The van der Waals surface area contributed by atoms with Gasteiger partial charge < -0.3 is 15.4 Å². The standard InChI is InChI=1S/C24H22FN5O5S.C20H16FN5O4S.CH4/c1-15(16-7-9-27-22(11-16)36(33,34)10-8-23(31)35-2)29-24(32)20-12-26-14-21-19(20)13-28-30(21)18-5-3-17(25)4-6-18;1-12(13-6-7-23-19(8-13)31(28,29)30)25-20(27)17-9-22-11-18-16(17)10-24-26(18)15-4-2-14(21)3-5-15;/h3-7,9,11-15H,8,10H2,1-2H3,(H,29,32);2-12H,1H3,(H,25,27)(H,28,29,30);1H4/t15-;12-;/m00./s1. The van der Waals surface area contributed by atoms with Crippen molar-refractivity contribution in [3.8, 4) is 11.4 Å². The lowest BCUT2D eigenvalue weighted by Crippen LogP contribution is -2.27. The predicted octanol–water partition coefficient (Wildman–Crippen LogP) is 6.11. The van der Waals surface area contributed by atoms with Crippen molar-refractivity contribution in [2.75, 3.05) is 12.9 Å². The molecule has 19 nitrogen and oxygen atoms in total. The van der Waals surface area contributed by atoms with Gasteiger partial charge in [0, 0.05) is 35.6 Å². The number of fused-ring (bicyclic) bond motifs is 2. The molecule has 0 saturated heterocycles. The number of hydrogen-bond acceptors (Lipinski definition) is 14. The summed E-state index contributed by atoms with van der Waals surface area (Å²) in [4.78, 5) is 53.1. The van der Waals surface area contributed by atoms with E-state index in [0.717, 1.165) is 0 Å². The lowest BCUT2D eigenvalue weighted by molar-refractivity contribution is -0.140. The molecular weight excluding hydrogens is 927 g/mol. The Morgan fingerprint density at radius 2 is 1.09 bits per heavy atom. The molecule has 2 atom stereocenters. The maximum atomic E-state index is 13.3. The van der Waals surface area contributed by atoms with Crippen LogP contribution in [-0.2, 0) is 29.5 Å². The van der Waals surface area contributed by atoms with Gasteiger partial charge in [-0.25, -0.2) is 36.5 Å². The van der Waals surface area contributed by atoms with Gasteiger partial charge in [-0.2, -0.15) is 18.6 Å². The van der Waals surface area contributed by atoms with Crippen LogP contribution < -0.4 is 10.6 Å². The molecule has 0 aliphatic heterocycles. The number of ether oxygens (including phenoxy) is 1. The number of nitrogens with one attached hydrogen (secondary N) is 2. The Balaban J connectivity index is 0.000000223. The molecule has 0 bridgehead atoms. The van der Waals surface area contributed by atoms with Crippen molar-refractivity contribution in [2.24, 2.45) is 0 Å². The van der Waals surface area contributed by atoms with E-state index in [9.17, 15) is 40.0 Å². The molecule has 2 amide bonds. The topological polar surface area (TPSA) is 260 Å². The number of benzene rings is 2. The second-order valence-corrected chi connectivity index (χ2v) is 18.1. The fourth-order valence-corrected chi connectivity index (χ4v) is 8.32. The van der Waals surface area contributed by atoms with Crippen LogP contribution in [0.25, 0.3) is 33.2 Å². The highest BCUT2D eigenvalue weighted by molar-refractivity contribution is 7.91. The fourth-order valence-electron chi connectivity index (χ4n) is 6.66. The van der Waals surface area contributed by atoms with Gasteiger partial charge in [0.15, 0.2) is 19.9 Å². The van der Waals surface area contributed by atoms with Gasteiger partial charge in [-0.15, -0.1) is 0 Å². The van der Waals surface area contributed by atoms with Crippen molar-refractivity contribution in [2.45, 2.75) is 49.8 Å². The molecule has 6 aromatic heterocycles. The Labute approximate surface area is 387 Å². The Morgan fingerprint density at radius 3 is 1.51 bits per heavy atom. The highest BCUT2D eigenvalue weighted by atomic mass is 32.2. The van der Waals surface area contributed by atoms with Gasteiger partial charge in [0.05, 0.1) is 89.7 Å². The molecular formula is C45H42F2N10O9S2. The molecule has 6 heterocycles. The molecule has 0 saturated carbocycles. The highest BCUT2D eigenvalue weighted by Gasteiger charge is 2.23. The molecule has 0 aliphatic rings. The SMILES string of the molecule is C.COC(=O)CCS(=O)(=O)c1cc([C@H](C)NC(=O)c2cncc3c2cnn3-c2ccc(F)cc2)ccn1.C[C@H](NC(=O)c1cncc2c1cnn2-c1ccc(F)cc1)c1ccnc(S(=O)(=O)O)c1. The van der Waals surface area contributed by atoms with Gasteiger partial charge in [0.2, 0.25) is 0 Å². The number of carbonyl (C=O) groups excluding carboxylic acids is 3. The third kappa shape index (κ3) is 11.2. The summed E-state index contributed by atoms with van der Waals surface area (Å²) in [5, 5.41) is 14.6. The average molecular weight is 969 g/mol. The van der Waals surface area contributed by atoms with Gasteiger partial charge >= 0.3 is 16.1 Å². The van der Waals surface area contributed by atoms with Crippen LogP contribution in [0.4, 0.5) is 8.78 Å². The van der Waals surface area contributed by atoms with Crippen molar-refractivity contribution >= 4 is 59.5 Å². The summed E-state index contributed by atoms with van der Waals surface area (Å²) in [6.07, 6.45) is 11.2. The zero-order chi connectivity index (χ0) is 48.0. The van der Waals surface area contributed by atoms with Gasteiger partial charge in [-0.05, 0) is 97.8 Å². The molecule has 0 radical (unpaired) electrons. The Morgan fingerprint density at radius 1 is 0.662 bits per heavy atom. The highest BCUT2D eigenvalue weighted by Crippen LogP contribution is 2.25. The van der Waals surface area contributed by atoms with E-state index in [2.05, 4.69) is 45.5 Å². The molecule has 3 N–H and O–H groups in total. The van der Waals surface area contributed by atoms with Crippen molar-refractivity contribution in [1.29, 1.82) is 0 Å². The van der Waals surface area contributed by atoms with Gasteiger partial charge in [-0.3, -0.25) is 28.9 Å². The number of methoxy groups -OCH3 is 1. The third-order valence-electron chi connectivity index (χ3n) is 10.2. The van der Waals surface area contributed by atoms with Crippen LogP contribution in [0.15, 0.2) is 132 Å². The van der Waals surface area contributed by atoms with Crippen LogP contribution in [0.3, 0.4) is 0 Å². The van der Waals surface area contributed by atoms with E-state index in [1.807, 2.05) is 0 Å². The summed E-state index contributed by atoms with van der Waals surface area (Å²) >= 11 is 0. The molecule has 8 rings (SSSR count). The summed E-state index contributed by atoms with van der Waals surface area (Å²) in [5.74, 6) is -2.72. The zero-order valence-corrected chi connectivity index (χ0v) is 37.1. The van der Waals surface area contributed by atoms with Crippen molar-refractivity contribution in [1.82, 2.24) is 50.1 Å². The van der Waals surface area contributed by atoms with E-state index in [1.54, 1.807) is 65.9 Å². The van der Waals surface area contributed by atoms with E-state index in [0.29, 0.717) is 44.3 Å². The molecule has 68 heavy (non-hydrogen) atoms. The monoisotopic (exact) mass is 968 g/mol. The van der Waals surface area contributed by atoms with Gasteiger partial charge in [0.1, 0.15) is 11.6 Å². The minimum Gasteiger partial charge on any atom is -0.469 e. The third-order valence-corrected chi connectivity index (χ3v) is 12.6. The summed E-state index contributed by atoms with van der Waals surface area (Å²) in [6, 6.07) is 16.0. The van der Waals surface area contributed by atoms with E-state index in [4.69, 9.17) is 4.55 Å². The minimum absolute atomic E-state index is 0. The van der Waals surface area contributed by atoms with E-state index in [1.165, 1.54) is 86.8 Å². The molecule has 0 spiro atoms. The van der Waals surface area contributed by atoms with E-state index in [-0.39, 0.29) is 41.6 Å². The Kier molecular flexibility index (Phi) is 15.1. The van der Waals surface area contributed by atoms with Crippen LogP contribution in [0, 0.1) is 11.6 Å². The lowest BCUT2D eigenvalue weighted by Gasteiger charge is -2.15. The molecule has 0 aliphatic carbocycles. The first-order valence-corrected chi connectivity index (χ1v) is 23.0. The molecule has 0 fully saturated rings. The first-order chi connectivity index (χ1) is 31.9. The first kappa shape index (κ1) is 49.5. The summed E-state index contributed by atoms with van der Waals surface area (Å²) in [7, 11) is -7.11. The lowest BCUT2D eigenvalue weighted by atomic mass is 10.1. The number of sulfone groups is 1. The van der Waals surface area contributed by atoms with Crippen molar-refractivity contribution in [3.05, 3.63) is 156 Å². The van der Waals surface area contributed by atoms with Crippen LogP contribution in [0.5, 0.6) is 0 Å². The number of halogens is 2. The number of amides is 2. The minimum atomic E-state index is -4.46. The average Bonchev–Trinajstić information content (AvgIpc) is 3.96. The second kappa shape index (κ2) is 20.7. The second-order valence-electron chi connectivity index (χ2n) is 14.7. The summed E-state index contributed by atoms with van der Waals surface area (Å²) < 4.78 is 91.0. The molecule has 2 aromatic carbocycles. The summed E-state index contributed by atoms with van der Waals surface area (Å²) in [5.41, 5.74) is 3.83. The van der Waals surface area contributed by atoms with Crippen LogP contribution in [-0.4, -0.2) is 91.5 Å². The quantitative estimate of drug-likeness (QED) is 0.0870. The van der Waals surface area contributed by atoms with Crippen LogP contribution in [0.2, 0.25) is 0 Å². The van der Waals surface area contributed by atoms with Crippen LogP contribution in [0.1, 0.15) is 71.6 Å². The van der Waals surface area contributed by atoms with Crippen LogP contribution >= 0.6 is 0 Å². The maximum absolute atomic E-state index is 13.3. The smallest absolute Gasteiger partial charge is 0.312 e. The molecule has 352 valence electrons. The Hall–Kier alpha value is -7.89. The first-order valence-electron chi connectivity index (χ1n) is 19.9. The maximum Gasteiger partial charge on any atom is 0.312 e.